The van der Waals surface area contributed by atoms with Gasteiger partial charge in [0.15, 0.2) is 0 Å². The van der Waals surface area contributed by atoms with Gasteiger partial charge in [0, 0.05) is 39.3 Å². The number of para-hydroxylation sites is 2. The molecular formula is C83H59BN2O. The second kappa shape index (κ2) is 19.7. The molecule has 3 heterocycles. The van der Waals surface area contributed by atoms with E-state index in [9.17, 15) is 21.9 Å². The number of hydrogen-bond donors (Lipinski definition) is 0. The van der Waals surface area contributed by atoms with E-state index < -0.39 is 157 Å². The van der Waals surface area contributed by atoms with Crippen LogP contribution in [0.25, 0.3) is 83.1 Å². The standard InChI is InChI=1S/C83H59BN2O/c1-82(2,3)61-50-68(55-28-11-5-12-29-55)81(69(51-61)56-30-13-6-14-31-56)86-75-48-57(54-26-9-4-10-27-54)44-46-71(75)84-72-47-45-58(49-77(72)87-78-53-62(52-76(86)80(78)84)85-73-42-23-20-37-65(73)66-38-21-24-43-74(66)85)63-39-25-40-67-64-36-19-22-41-70(64)83(79(63)67,59-32-15-7-16-33-59)60-34-17-8-18-35-60/h4-53H,1-3H3/i4D,7D,8D,9D,10D,15D,16D,17D,18D,20D,21D,23D,24D,26D,27D,32D,33D,34D,35D,37D,38D,42D,43D. The molecule has 0 radical (unpaired) electrons. The van der Waals surface area contributed by atoms with Gasteiger partial charge in [0.2, 0.25) is 0 Å². The summed E-state index contributed by atoms with van der Waals surface area (Å²) in [5.74, 6) is 0.304. The van der Waals surface area contributed by atoms with Gasteiger partial charge >= 0.3 is 0 Å². The van der Waals surface area contributed by atoms with Crippen LogP contribution in [0.5, 0.6) is 11.5 Å². The topological polar surface area (TPSA) is 17.4 Å². The summed E-state index contributed by atoms with van der Waals surface area (Å²) in [4.78, 5) is 2.02. The normalized spacial score (nSPS) is 17.1. The fourth-order valence-electron chi connectivity index (χ4n) is 13.6. The van der Waals surface area contributed by atoms with Gasteiger partial charge in [-0.3, -0.25) is 0 Å². The van der Waals surface area contributed by atoms with E-state index in [0.717, 1.165) is 16.7 Å². The van der Waals surface area contributed by atoms with E-state index in [2.05, 4.69) is 32.9 Å². The van der Waals surface area contributed by atoms with Crippen molar-refractivity contribution in [2.75, 3.05) is 4.90 Å². The zero-order valence-corrected chi connectivity index (χ0v) is 47.0. The van der Waals surface area contributed by atoms with Crippen LogP contribution in [0.2, 0.25) is 0 Å². The molecule has 0 fully saturated rings. The molecule has 14 aromatic rings. The van der Waals surface area contributed by atoms with Crippen molar-refractivity contribution in [3.05, 3.63) is 331 Å². The summed E-state index contributed by atoms with van der Waals surface area (Å²) < 4.78 is 224. The molecular weight excluding hydrogens is 1050 g/mol. The lowest BCUT2D eigenvalue weighted by molar-refractivity contribution is 0.487. The molecule has 1 aromatic heterocycles. The smallest absolute Gasteiger partial charge is 0.256 e. The molecule has 410 valence electrons. The van der Waals surface area contributed by atoms with E-state index in [1.54, 1.807) is 72.8 Å². The second-order valence-electron chi connectivity index (χ2n) is 23.0. The van der Waals surface area contributed by atoms with Crippen LogP contribution >= 0.6 is 0 Å². The van der Waals surface area contributed by atoms with E-state index in [1.807, 2.05) is 83.8 Å². The van der Waals surface area contributed by atoms with Gasteiger partial charge in [-0.1, -0.05) is 275 Å². The molecule has 2 aliphatic heterocycles. The summed E-state index contributed by atoms with van der Waals surface area (Å²) in [5, 5.41) is -0.389. The van der Waals surface area contributed by atoms with Gasteiger partial charge in [-0.2, -0.15) is 0 Å². The Labute approximate surface area is 541 Å². The number of hydrogen-bond acceptors (Lipinski definition) is 2. The van der Waals surface area contributed by atoms with Crippen LogP contribution in [-0.4, -0.2) is 11.3 Å². The highest BCUT2D eigenvalue weighted by atomic mass is 16.5. The van der Waals surface area contributed by atoms with Gasteiger partial charge in [0.25, 0.3) is 6.71 Å². The molecule has 0 spiro atoms. The van der Waals surface area contributed by atoms with Crippen LogP contribution < -0.4 is 26.0 Å². The molecule has 4 heteroatoms. The van der Waals surface area contributed by atoms with Crippen LogP contribution in [0.15, 0.2) is 303 Å². The number of rotatable bonds is 8. The van der Waals surface area contributed by atoms with Crippen molar-refractivity contribution in [1.82, 2.24) is 4.57 Å². The number of benzene rings is 13. The maximum Gasteiger partial charge on any atom is 0.256 e. The van der Waals surface area contributed by atoms with Crippen molar-refractivity contribution in [2.24, 2.45) is 0 Å². The molecule has 3 nitrogen and oxygen atoms in total. The first kappa shape index (κ1) is 32.6. The number of fused-ring (bicyclic) bond motifs is 10. The van der Waals surface area contributed by atoms with E-state index in [4.69, 9.17) is 14.3 Å². The highest BCUT2D eigenvalue weighted by Gasteiger charge is 2.49. The molecule has 0 amide bonds. The fourth-order valence-corrected chi connectivity index (χ4v) is 13.6. The van der Waals surface area contributed by atoms with Crippen LogP contribution in [0.3, 0.4) is 0 Å². The van der Waals surface area contributed by atoms with Gasteiger partial charge in [0.05, 0.1) is 59.4 Å². The number of nitrogens with zero attached hydrogens (tertiary/aromatic N) is 2. The van der Waals surface area contributed by atoms with Crippen molar-refractivity contribution in [3.63, 3.8) is 0 Å². The van der Waals surface area contributed by atoms with E-state index in [-0.39, 0.29) is 72.4 Å². The molecule has 0 bridgehead atoms. The first-order valence-electron chi connectivity index (χ1n) is 40.0. The van der Waals surface area contributed by atoms with Crippen molar-refractivity contribution < 1.29 is 36.3 Å². The zero-order valence-electron chi connectivity index (χ0n) is 70.0. The average molecular weight is 1130 g/mol. The monoisotopic (exact) mass is 1130 g/mol. The van der Waals surface area contributed by atoms with Crippen LogP contribution in [-0.2, 0) is 10.8 Å². The van der Waals surface area contributed by atoms with Gasteiger partial charge in [-0.25, -0.2) is 0 Å². The molecule has 3 aliphatic rings. The lowest BCUT2D eigenvalue weighted by Crippen LogP contribution is -2.59. The Kier molecular flexibility index (Phi) is 7.37. The first-order chi connectivity index (χ1) is 52.3. The largest absolute Gasteiger partial charge is 0.458 e. The Morgan fingerprint density at radius 1 is 0.414 bits per heavy atom. The highest BCUT2D eigenvalue weighted by Crippen LogP contribution is 2.59. The molecule has 87 heavy (non-hydrogen) atoms. The highest BCUT2D eigenvalue weighted by molar-refractivity contribution is 6.99. The third-order valence-electron chi connectivity index (χ3n) is 17.3. The van der Waals surface area contributed by atoms with Crippen molar-refractivity contribution in [2.45, 2.75) is 31.6 Å². The number of aromatic nitrogens is 1. The van der Waals surface area contributed by atoms with Gasteiger partial charge in [-0.05, 0) is 137 Å². The molecule has 13 aromatic carbocycles. The zero-order chi connectivity index (χ0) is 78.0. The van der Waals surface area contributed by atoms with Crippen LogP contribution in [0.1, 0.15) is 80.1 Å². The summed E-state index contributed by atoms with van der Waals surface area (Å²) in [6, 6.07) is 35.1. The van der Waals surface area contributed by atoms with E-state index in [1.165, 1.54) is 4.57 Å². The Morgan fingerprint density at radius 3 is 1.61 bits per heavy atom. The fraction of sp³-hybridized carbons (Fsp3) is 0.0602. The Morgan fingerprint density at radius 2 is 0.966 bits per heavy atom. The third-order valence-corrected chi connectivity index (χ3v) is 17.3. The molecule has 0 atom stereocenters. The minimum Gasteiger partial charge on any atom is -0.458 e. The average Bonchev–Trinajstić information content (AvgIpc) is 1.41. The quantitative estimate of drug-likeness (QED) is 0.141. The SMILES string of the molecule is [2H]c1c([2H])c([2H])c(-c2ccc3c(c2)N(c2c(-c4ccccc4)cc(C(C)(C)C)cc2-c2ccccc2)c2cc(-n4c5c([2H])c([2H])c([2H])c([2H])c5c5c([2H])c([2H])c([2H])c([2H])c54)cc4c2B3c2ccc(-c3cccc5c3C(c3c([2H])c([2H])c([2H])c([2H])c3[2H])(c3c([2H])c([2H])c([2H])c([2H])c3[2H])c3ccccc3-5)cc2O4)c([2H])c1[2H]. The summed E-state index contributed by atoms with van der Waals surface area (Å²) in [7, 11) is 0. The number of ether oxygens (including phenoxy) is 1. The predicted molar refractivity (Wildman–Crippen MR) is 364 cm³/mol. The summed E-state index contributed by atoms with van der Waals surface area (Å²) in [6.45, 7) is 5.41. The van der Waals surface area contributed by atoms with E-state index >= 15 is 0 Å². The van der Waals surface area contributed by atoms with Gasteiger partial charge in [-0.15, -0.1) is 0 Å². The lowest BCUT2D eigenvalue weighted by Gasteiger charge is -2.42. The lowest BCUT2D eigenvalue weighted by atomic mass is 9.34. The Bertz CT molecular complexity index is 6200. The van der Waals surface area contributed by atoms with Gasteiger partial charge < -0.3 is 14.2 Å². The van der Waals surface area contributed by atoms with Crippen molar-refractivity contribution in [3.8, 4) is 72.8 Å². The molecule has 17 rings (SSSR count). The van der Waals surface area contributed by atoms with Crippen molar-refractivity contribution in [1.29, 1.82) is 0 Å². The van der Waals surface area contributed by atoms with Gasteiger partial charge in [0.1, 0.15) is 11.5 Å². The minimum atomic E-state index is -2.27. The maximum atomic E-state index is 9.84. The third kappa shape index (κ3) is 7.77. The molecule has 0 saturated heterocycles. The van der Waals surface area contributed by atoms with Crippen LogP contribution in [0, 0.1) is 0 Å². The Balaban J connectivity index is 1.04. The molecule has 0 unspecified atom stereocenters. The second-order valence-corrected chi connectivity index (χ2v) is 23.0. The predicted octanol–water partition coefficient (Wildman–Crippen LogP) is 19.5. The van der Waals surface area contributed by atoms with Crippen LogP contribution in [0.4, 0.5) is 17.1 Å². The molecule has 0 N–H and O–H groups in total. The summed E-state index contributed by atoms with van der Waals surface area (Å²) >= 11 is 0. The summed E-state index contributed by atoms with van der Waals surface area (Å²) in [6.07, 6.45) is 0. The first-order valence-corrected chi connectivity index (χ1v) is 28.5. The Hall–Kier alpha value is -10.7. The molecule has 1 aliphatic carbocycles. The summed E-state index contributed by atoms with van der Waals surface area (Å²) in [5.41, 5.74) is 5.18. The van der Waals surface area contributed by atoms with E-state index in [0.29, 0.717) is 66.8 Å². The van der Waals surface area contributed by atoms with Crippen molar-refractivity contribution >= 4 is 62.0 Å². The number of anilines is 3. The minimum absolute atomic E-state index is 0.0805. The maximum absolute atomic E-state index is 9.84. The molecule has 0 saturated carbocycles.